The van der Waals surface area contributed by atoms with Gasteiger partial charge in [0.1, 0.15) is 18.0 Å². The zero-order valence-corrected chi connectivity index (χ0v) is 11.8. The molecule has 0 aliphatic heterocycles. The van der Waals surface area contributed by atoms with E-state index in [0.29, 0.717) is 0 Å². The first-order chi connectivity index (χ1) is 8.73. The molecule has 0 aromatic heterocycles. The van der Waals surface area contributed by atoms with Crippen molar-refractivity contribution in [2.75, 3.05) is 11.4 Å². The van der Waals surface area contributed by atoms with Crippen LogP contribution in [-0.4, -0.2) is 28.6 Å². The number of benzene rings is 1. The molecule has 1 N–H and O–H groups in total. The summed E-state index contributed by atoms with van der Waals surface area (Å²) in [6.07, 6.45) is 0. The van der Waals surface area contributed by atoms with Crippen LogP contribution in [-0.2, 0) is 4.79 Å². The Morgan fingerprint density at radius 2 is 2.16 bits per heavy atom. The summed E-state index contributed by atoms with van der Waals surface area (Å²) in [7, 11) is 0. The summed E-state index contributed by atoms with van der Waals surface area (Å²) in [5.41, 5.74) is -0.397. The van der Waals surface area contributed by atoms with Crippen molar-refractivity contribution in [3.8, 4) is 0 Å². The van der Waals surface area contributed by atoms with Gasteiger partial charge < -0.3 is 10.0 Å². The molecule has 0 saturated heterocycles. The number of nitro groups is 1. The average Bonchev–Trinajstić information content (AvgIpc) is 2.28. The molecular weight excluding hydrogens is 323 g/mol. The molecule has 1 rings (SSSR count). The quantitative estimate of drug-likeness (QED) is 0.661. The predicted octanol–water partition coefficient (Wildman–Crippen LogP) is 2.80. The zero-order chi connectivity index (χ0) is 14.7. The van der Waals surface area contributed by atoms with E-state index in [1.165, 1.54) is 4.90 Å². The molecule has 0 unspecified atom stereocenters. The van der Waals surface area contributed by atoms with E-state index >= 15 is 0 Å². The molecule has 1 aromatic carbocycles. The molecule has 0 bridgehead atoms. The topological polar surface area (TPSA) is 83.7 Å². The minimum absolute atomic E-state index is 0.0398. The van der Waals surface area contributed by atoms with E-state index in [0.717, 1.165) is 12.1 Å². The van der Waals surface area contributed by atoms with Gasteiger partial charge in [0.25, 0.3) is 5.69 Å². The SMILES string of the molecule is CC(C)N(CC(=O)O)c1cc(F)c(Br)cc1[N+](=O)[O-]. The van der Waals surface area contributed by atoms with Crippen LogP contribution in [0.3, 0.4) is 0 Å². The molecule has 0 spiro atoms. The molecular formula is C11H12BrFN2O4. The van der Waals surface area contributed by atoms with Crippen LogP contribution < -0.4 is 4.90 Å². The molecule has 0 fully saturated rings. The Bertz CT molecular complexity index is 522. The van der Waals surface area contributed by atoms with Crippen LogP contribution in [0.1, 0.15) is 13.8 Å². The highest BCUT2D eigenvalue weighted by molar-refractivity contribution is 9.10. The highest BCUT2D eigenvalue weighted by Crippen LogP contribution is 2.34. The fourth-order valence-corrected chi connectivity index (χ4v) is 1.93. The molecule has 0 amide bonds. The van der Waals surface area contributed by atoms with Gasteiger partial charge in [-0.3, -0.25) is 14.9 Å². The monoisotopic (exact) mass is 334 g/mol. The number of nitro benzene ring substituents is 1. The lowest BCUT2D eigenvalue weighted by atomic mass is 10.2. The fraction of sp³-hybridized carbons (Fsp3) is 0.364. The predicted molar refractivity (Wildman–Crippen MR) is 70.9 cm³/mol. The first-order valence-corrected chi connectivity index (χ1v) is 6.15. The van der Waals surface area contributed by atoms with E-state index in [2.05, 4.69) is 15.9 Å². The largest absolute Gasteiger partial charge is 0.480 e. The number of rotatable bonds is 5. The molecule has 0 aliphatic carbocycles. The number of nitrogens with zero attached hydrogens (tertiary/aromatic N) is 2. The third kappa shape index (κ3) is 3.63. The summed E-state index contributed by atoms with van der Waals surface area (Å²) in [5.74, 6) is -1.83. The van der Waals surface area contributed by atoms with E-state index in [9.17, 15) is 19.3 Å². The summed E-state index contributed by atoms with van der Waals surface area (Å²) in [5, 5.41) is 19.8. The van der Waals surface area contributed by atoms with Gasteiger partial charge in [-0.1, -0.05) is 0 Å². The smallest absolute Gasteiger partial charge is 0.323 e. The Balaban J connectivity index is 3.39. The van der Waals surface area contributed by atoms with Crippen molar-refractivity contribution in [2.45, 2.75) is 19.9 Å². The molecule has 1 aromatic rings. The average molecular weight is 335 g/mol. The first-order valence-electron chi connectivity index (χ1n) is 5.36. The van der Waals surface area contributed by atoms with Gasteiger partial charge in [-0.15, -0.1) is 0 Å². The van der Waals surface area contributed by atoms with Crippen molar-refractivity contribution in [2.24, 2.45) is 0 Å². The van der Waals surface area contributed by atoms with Gasteiger partial charge in [-0.25, -0.2) is 4.39 Å². The van der Waals surface area contributed by atoms with E-state index in [1.54, 1.807) is 13.8 Å². The molecule has 8 heteroatoms. The number of carbonyl (C=O) groups is 1. The van der Waals surface area contributed by atoms with Crippen LogP contribution in [0.4, 0.5) is 15.8 Å². The number of hydrogen-bond acceptors (Lipinski definition) is 4. The summed E-state index contributed by atoms with van der Waals surface area (Å²) in [4.78, 5) is 22.4. The van der Waals surface area contributed by atoms with Gasteiger partial charge in [0.15, 0.2) is 0 Å². The Labute approximate surface area is 117 Å². The van der Waals surface area contributed by atoms with Gasteiger partial charge in [0.2, 0.25) is 0 Å². The minimum Gasteiger partial charge on any atom is -0.480 e. The second-order valence-electron chi connectivity index (χ2n) is 4.13. The number of aliphatic carboxylic acids is 1. The number of carboxylic acids is 1. The fourth-order valence-electron chi connectivity index (χ4n) is 1.59. The maximum absolute atomic E-state index is 13.5. The number of anilines is 1. The van der Waals surface area contributed by atoms with Crippen molar-refractivity contribution >= 4 is 33.3 Å². The maximum atomic E-state index is 13.5. The minimum atomic E-state index is -1.15. The van der Waals surface area contributed by atoms with Crippen molar-refractivity contribution in [1.82, 2.24) is 0 Å². The Morgan fingerprint density at radius 1 is 1.58 bits per heavy atom. The van der Waals surface area contributed by atoms with Crippen LogP contribution in [0.5, 0.6) is 0 Å². The Kier molecular flexibility index (Phi) is 4.82. The van der Waals surface area contributed by atoms with Crippen LogP contribution in [0, 0.1) is 15.9 Å². The molecule has 104 valence electrons. The number of halogens is 2. The van der Waals surface area contributed by atoms with Crippen LogP contribution in [0.2, 0.25) is 0 Å². The summed E-state index contributed by atoms with van der Waals surface area (Å²) in [6, 6.07) is 1.67. The van der Waals surface area contributed by atoms with Gasteiger partial charge in [0.05, 0.1) is 9.40 Å². The van der Waals surface area contributed by atoms with E-state index in [-0.39, 0.29) is 21.9 Å². The van der Waals surface area contributed by atoms with Crippen molar-refractivity contribution in [3.05, 3.63) is 32.5 Å². The standard InChI is InChI=1S/C11H12BrFN2O4/c1-6(2)14(5-11(16)17)9-4-8(13)7(12)3-10(9)15(18)19/h3-4,6H,5H2,1-2H3,(H,16,17). The molecule has 6 nitrogen and oxygen atoms in total. The summed E-state index contributed by atoms with van der Waals surface area (Å²) >= 11 is 2.87. The molecule has 0 heterocycles. The second-order valence-corrected chi connectivity index (χ2v) is 4.98. The highest BCUT2D eigenvalue weighted by atomic mass is 79.9. The molecule has 0 atom stereocenters. The van der Waals surface area contributed by atoms with Crippen molar-refractivity contribution < 1.29 is 19.2 Å². The summed E-state index contributed by atoms with van der Waals surface area (Å²) < 4.78 is 13.5. The van der Waals surface area contributed by atoms with Crippen LogP contribution in [0.15, 0.2) is 16.6 Å². The van der Waals surface area contributed by atoms with Gasteiger partial charge in [0, 0.05) is 18.2 Å². The molecule has 19 heavy (non-hydrogen) atoms. The van der Waals surface area contributed by atoms with Crippen LogP contribution >= 0.6 is 15.9 Å². The lowest BCUT2D eigenvalue weighted by Gasteiger charge is -2.26. The summed E-state index contributed by atoms with van der Waals surface area (Å²) in [6.45, 7) is 2.90. The second kappa shape index (κ2) is 5.96. The van der Waals surface area contributed by atoms with E-state index in [4.69, 9.17) is 5.11 Å². The third-order valence-electron chi connectivity index (χ3n) is 2.45. The molecule has 0 aliphatic rings. The lowest BCUT2D eigenvalue weighted by molar-refractivity contribution is -0.384. The van der Waals surface area contributed by atoms with Crippen LogP contribution in [0.25, 0.3) is 0 Å². The highest BCUT2D eigenvalue weighted by Gasteiger charge is 2.25. The molecule has 0 saturated carbocycles. The third-order valence-corrected chi connectivity index (χ3v) is 3.06. The number of carboxylic acid groups (broad SMARTS) is 1. The zero-order valence-electron chi connectivity index (χ0n) is 10.3. The maximum Gasteiger partial charge on any atom is 0.323 e. The van der Waals surface area contributed by atoms with Crippen molar-refractivity contribution in [1.29, 1.82) is 0 Å². The van der Waals surface area contributed by atoms with Gasteiger partial charge >= 0.3 is 5.97 Å². The van der Waals surface area contributed by atoms with Gasteiger partial charge in [-0.05, 0) is 29.8 Å². The van der Waals surface area contributed by atoms with E-state index in [1.807, 2.05) is 0 Å². The Hall–Kier alpha value is -1.70. The number of hydrogen-bond donors (Lipinski definition) is 1. The normalized spacial score (nSPS) is 10.6. The van der Waals surface area contributed by atoms with Crippen molar-refractivity contribution in [3.63, 3.8) is 0 Å². The van der Waals surface area contributed by atoms with Gasteiger partial charge in [-0.2, -0.15) is 0 Å². The first kappa shape index (κ1) is 15.4. The lowest BCUT2D eigenvalue weighted by Crippen LogP contribution is -2.36. The van der Waals surface area contributed by atoms with E-state index < -0.39 is 23.3 Å². The molecule has 0 radical (unpaired) electrons. The Morgan fingerprint density at radius 3 is 2.58 bits per heavy atom.